The summed E-state index contributed by atoms with van der Waals surface area (Å²) >= 11 is 1.56. The topological polar surface area (TPSA) is 51.8 Å². The second-order valence-electron chi connectivity index (χ2n) is 3.97. The quantitative estimate of drug-likeness (QED) is 0.611. The summed E-state index contributed by atoms with van der Waals surface area (Å²) in [6, 6.07) is 2.01. The van der Waals surface area contributed by atoms with Gasteiger partial charge in [0, 0.05) is 17.7 Å². The normalized spacial score (nSPS) is 11.8. The van der Waals surface area contributed by atoms with Gasteiger partial charge in [0.05, 0.1) is 5.69 Å². The van der Waals surface area contributed by atoms with Crippen molar-refractivity contribution in [2.75, 3.05) is 12.8 Å². The van der Waals surface area contributed by atoms with Crippen molar-refractivity contribution in [1.29, 1.82) is 0 Å². The Bertz CT molecular complexity index is 323. The van der Waals surface area contributed by atoms with Crippen LogP contribution >= 0.6 is 11.8 Å². The Morgan fingerprint density at radius 2 is 2.07 bits per heavy atom. The van der Waals surface area contributed by atoms with Gasteiger partial charge in [-0.15, -0.1) is 0 Å². The summed E-state index contributed by atoms with van der Waals surface area (Å²) < 4.78 is 0. The Kier molecular flexibility index (Phi) is 3.50. The van der Waals surface area contributed by atoms with Gasteiger partial charge < -0.3 is 5.73 Å². The van der Waals surface area contributed by atoms with Crippen LogP contribution in [0.25, 0.3) is 0 Å². The summed E-state index contributed by atoms with van der Waals surface area (Å²) in [6.45, 7) is 6.77. The molecule has 0 aromatic carbocycles. The summed E-state index contributed by atoms with van der Waals surface area (Å²) in [5.41, 5.74) is 7.67. The zero-order valence-corrected chi connectivity index (χ0v) is 9.98. The molecular formula is C10H17N3S. The average Bonchev–Trinajstić information content (AvgIpc) is 2.16. The molecule has 1 aromatic heterocycles. The largest absolute Gasteiger partial charge is 0.330 e. The van der Waals surface area contributed by atoms with Gasteiger partial charge in [0.2, 0.25) is 0 Å². The monoisotopic (exact) mass is 211 g/mol. The third-order valence-corrected chi connectivity index (χ3v) is 2.77. The molecule has 0 amide bonds. The van der Waals surface area contributed by atoms with Crippen LogP contribution in [0.4, 0.5) is 0 Å². The molecule has 0 aliphatic heterocycles. The third-order valence-electron chi connectivity index (χ3n) is 2.22. The molecule has 4 heteroatoms. The van der Waals surface area contributed by atoms with E-state index in [0.717, 1.165) is 16.5 Å². The first-order chi connectivity index (χ1) is 6.49. The number of nitrogens with zero attached hydrogens (tertiary/aromatic N) is 2. The van der Waals surface area contributed by atoms with Gasteiger partial charge >= 0.3 is 0 Å². The van der Waals surface area contributed by atoms with E-state index in [4.69, 9.17) is 5.73 Å². The molecule has 1 rings (SSSR count). The van der Waals surface area contributed by atoms with E-state index in [1.807, 2.05) is 19.2 Å². The van der Waals surface area contributed by atoms with Gasteiger partial charge in [-0.25, -0.2) is 9.97 Å². The number of thioether (sulfide) groups is 1. The van der Waals surface area contributed by atoms with Crippen LogP contribution in [-0.2, 0) is 5.41 Å². The van der Waals surface area contributed by atoms with E-state index in [2.05, 4.69) is 23.8 Å². The lowest BCUT2D eigenvalue weighted by Gasteiger charge is -2.22. The lowest BCUT2D eigenvalue weighted by molar-refractivity contribution is 0.513. The minimum Gasteiger partial charge on any atom is -0.330 e. The lowest BCUT2D eigenvalue weighted by Crippen LogP contribution is -2.29. The molecule has 0 unspecified atom stereocenters. The van der Waals surface area contributed by atoms with Gasteiger partial charge in [-0.2, -0.15) is 0 Å². The summed E-state index contributed by atoms with van der Waals surface area (Å²) in [4.78, 5) is 8.78. The zero-order chi connectivity index (χ0) is 10.8. The number of nitrogens with two attached hydrogens (primary N) is 1. The molecular weight excluding hydrogens is 194 g/mol. The standard InChI is InChI=1S/C10H17N3S/c1-7-5-8(10(2,3)6-11)13-9(12-7)14-4/h5H,6,11H2,1-4H3. The summed E-state index contributed by atoms with van der Waals surface area (Å²) in [6.07, 6.45) is 1.98. The Morgan fingerprint density at radius 3 is 2.57 bits per heavy atom. The van der Waals surface area contributed by atoms with Gasteiger partial charge in [-0.05, 0) is 19.2 Å². The predicted molar refractivity (Wildman–Crippen MR) is 60.6 cm³/mol. The highest BCUT2D eigenvalue weighted by Gasteiger charge is 2.21. The minimum absolute atomic E-state index is 0.0713. The van der Waals surface area contributed by atoms with Crippen molar-refractivity contribution in [1.82, 2.24) is 9.97 Å². The molecule has 2 N–H and O–H groups in total. The Morgan fingerprint density at radius 1 is 1.43 bits per heavy atom. The van der Waals surface area contributed by atoms with Crippen molar-refractivity contribution in [2.24, 2.45) is 5.73 Å². The second-order valence-corrected chi connectivity index (χ2v) is 4.74. The Balaban J connectivity index is 3.15. The number of hydrogen-bond acceptors (Lipinski definition) is 4. The molecule has 1 heterocycles. The third kappa shape index (κ3) is 2.45. The molecule has 3 nitrogen and oxygen atoms in total. The number of aromatic nitrogens is 2. The molecule has 0 saturated carbocycles. The molecule has 0 aliphatic carbocycles. The first-order valence-electron chi connectivity index (χ1n) is 4.60. The first kappa shape index (κ1) is 11.5. The summed E-state index contributed by atoms with van der Waals surface area (Å²) in [5.74, 6) is 0. The molecule has 0 radical (unpaired) electrons. The molecule has 0 spiro atoms. The molecule has 0 fully saturated rings. The summed E-state index contributed by atoms with van der Waals surface area (Å²) in [5, 5.41) is 0.821. The highest BCUT2D eigenvalue weighted by molar-refractivity contribution is 7.98. The van der Waals surface area contributed by atoms with Crippen molar-refractivity contribution in [3.05, 3.63) is 17.5 Å². The highest BCUT2D eigenvalue weighted by Crippen LogP contribution is 2.22. The molecule has 1 aromatic rings. The number of aryl methyl sites for hydroxylation is 1. The van der Waals surface area contributed by atoms with Crippen molar-refractivity contribution >= 4 is 11.8 Å². The SMILES string of the molecule is CSc1nc(C)cc(C(C)(C)CN)n1. The minimum atomic E-state index is -0.0713. The maximum atomic E-state index is 5.71. The van der Waals surface area contributed by atoms with Crippen molar-refractivity contribution in [3.8, 4) is 0 Å². The molecule has 0 aliphatic rings. The van der Waals surface area contributed by atoms with Crippen LogP contribution in [0.5, 0.6) is 0 Å². The lowest BCUT2D eigenvalue weighted by atomic mass is 9.89. The Labute approximate surface area is 89.5 Å². The number of hydrogen-bond donors (Lipinski definition) is 1. The fraction of sp³-hybridized carbons (Fsp3) is 0.600. The predicted octanol–water partition coefficient (Wildman–Crippen LogP) is 1.74. The van der Waals surface area contributed by atoms with Gasteiger partial charge in [-0.3, -0.25) is 0 Å². The molecule has 0 bridgehead atoms. The zero-order valence-electron chi connectivity index (χ0n) is 9.16. The van der Waals surface area contributed by atoms with E-state index in [0.29, 0.717) is 6.54 Å². The smallest absolute Gasteiger partial charge is 0.187 e. The molecule has 0 saturated heterocycles. The van der Waals surface area contributed by atoms with E-state index in [9.17, 15) is 0 Å². The van der Waals surface area contributed by atoms with Crippen LogP contribution in [-0.4, -0.2) is 22.8 Å². The van der Waals surface area contributed by atoms with E-state index >= 15 is 0 Å². The van der Waals surface area contributed by atoms with Crippen molar-refractivity contribution < 1.29 is 0 Å². The van der Waals surface area contributed by atoms with Crippen LogP contribution in [0, 0.1) is 6.92 Å². The van der Waals surface area contributed by atoms with E-state index in [1.165, 1.54) is 0 Å². The van der Waals surface area contributed by atoms with Crippen LogP contribution < -0.4 is 5.73 Å². The van der Waals surface area contributed by atoms with Crippen molar-refractivity contribution in [2.45, 2.75) is 31.3 Å². The van der Waals surface area contributed by atoms with E-state index in [1.54, 1.807) is 11.8 Å². The fourth-order valence-corrected chi connectivity index (χ4v) is 1.51. The van der Waals surface area contributed by atoms with Crippen LogP contribution in [0.2, 0.25) is 0 Å². The maximum Gasteiger partial charge on any atom is 0.187 e. The van der Waals surface area contributed by atoms with Crippen LogP contribution in [0.3, 0.4) is 0 Å². The van der Waals surface area contributed by atoms with Crippen LogP contribution in [0.1, 0.15) is 25.2 Å². The molecule has 78 valence electrons. The fourth-order valence-electron chi connectivity index (χ4n) is 1.08. The van der Waals surface area contributed by atoms with E-state index in [-0.39, 0.29) is 5.41 Å². The Hall–Kier alpha value is -0.610. The van der Waals surface area contributed by atoms with Gasteiger partial charge in [-0.1, -0.05) is 25.6 Å². The van der Waals surface area contributed by atoms with Crippen molar-refractivity contribution in [3.63, 3.8) is 0 Å². The number of rotatable bonds is 3. The molecule has 14 heavy (non-hydrogen) atoms. The highest BCUT2D eigenvalue weighted by atomic mass is 32.2. The first-order valence-corrected chi connectivity index (χ1v) is 5.82. The van der Waals surface area contributed by atoms with Gasteiger partial charge in [0.25, 0.3) is 0 Å². The van der Waals surface area contributed by atoms with E-state index < -0.39 is 0 Å². The van der Waals surface area contributed by atoms with Gasteiger partial charge in [0.1, 0.15) is 0 Å². The van der Waals surface area contributed by atoms with Gasteiger partial charge in [0.15, 0.2) is 5.16 Å². The molecule has 0 atom stereocenters. The summed E-state index contributed by atoms with van der Waals surface area (Å²) in [7, 11) is 0. The second kappa shape index (κ2) is 4.28. The maximum absolute atomic E-state index is 5.71. The van der Waals surface area contributed by atoms with Crippen LogP contribution in [0.15, 0.2) is 11.2 Å². The average molecular weight is 211 g/mol.